The minimum absolute atomic E-state index is 0.103. The largest absolute Gasteiger partial charge is 0.416 e. The quantitative estimate of drug-likeness (QED) is 0.837. The zero-order valence-electron chi connectivity index (χ0n) is 14.4. The standard InChI is InChI=1S/C18H18F3N3O2S/c1-12-5-7-15(8-6-12)27(25,26)24-17-11-22-16(10-23-17)13-3-2-4-14(9-13)18(19,20)21/h2-9,16,22H,10-11H2,1H3,(H,23,24). The van der Waals surface area contributed by atoms with Gasteiger partial charge in [-0.05, 0) is 36.8 Å². The number of hydrogen-bond donors (Lipinski definition) is 2. The van der Waals surface area contributed by atoms with E-state index in [4.69, 9.17) is 0 Å². The number of rotatable bonds is 3. The Morgan fingerprint density at radius 2 is 1.85 bits per heavy atom. The molecule has 0 amide bonds. The average molecular weight is 397 g/mol. The van der Waals surface area contributed by atoms with E-state index in [1.807, 2.05) is 6.92 Å². The van der Waals surface area contributed by atoms with Crippen LogP contribution >= 0.6 is 0 Å². The van der Waals surface area contributed by atoms with Gasteiger partial charge in [0.1, 0.15) is 5.84 Å². The lowest BCUT2D eigenvalue weighted by Gasteiger charge is -2.24. The van der Waals surface area contributed by atoms with Crippen molar-refractivity contribution in [3.8, 4) is 0 Å². The number of aliphatic imine (C=N–C) groups is 1. The van der Waals surface area contributed by atoms with Crippen LogP contribution in [0.3, 0.4) is 0 Å². The molecule has 0 saturated carbocycles. The van der Waals surface area contributed by atoms with Crippen molar-refractivity contribution in [1.82, 2.24) is 10.0 Å². The molecule has 144 valence electrons. The van der Waals surface area contributed by atoms with Crippen LogP contribution in [0.4, 0.5) is 13.2 Å². The first-order chi connectivity index (χ1) is 12.6. The molecule has 0 aliphatic carbocycles. The van der Waals surface area contributed by atoms with Gasteiger partial charge < -0.3 is 5.32 Å². The molecule has 0 saturated heterocycles. The van der Waals surface area contributed by atoms with E-state index in [9.17, 15) is 21.6 Å². The molecule has 27 heavy (non-hydrogen) atoms. The first-order valence-electron chi connectivity index (χ1n) is 8.18. The maximum absolute atomic E-state index is 12.8. The normalized spacial score (nSPS) is 18.1. The summed E-state index contributed by atoms with van der Waals surface area (Å²) in [7, 11) is -3.75. The number of nitrogens with zero attached hydrogens (tertiary/aromatic N) is 1. The van der Waals surface area contributed by atoms with Gasteiger partial charge in [-0.1, -0.05) is 29.8 Å². The number of aryl methyl sites for hydroxylation is 1. The van der Waals surface area contributed by atoms with Crippen LogP contribution in [0.2, 0.25) is 0 Å². The second-order valence-corrected chi connectivity index (χ2v) is 7.95. The Balaban J connectivity index is 1.71. The summed E-state index contributed by atoms with van der Waals surface area (Å²) < 4.78 is 65.7. The van der Waals surface area contributed by atoms with Gasteiger partial charge in [0.15, 0.2) is 0 Å². The minimum atomic E-state index is -4.41. The zero-order valence-corrected chi connectivity index (χ0v) is 15.2. The summed E-state index contributed by atoms with van der Waals surface area (Å²) in [5.41, 5.74) is 0.667. The molecule has 2 aromatic carbocycles. The van der Waals surface area contributed by atoms with Crippen molar-refractivity contribution in [3.05, 3.63) is 65.2 Å². The summed E-state index contributed by atoms with van der Waals surface area (Å²) in [5.74, 6) is 0.221. The molecule has 5 nitrogen and oxygen atoms in total. The topological polar surface area (TPSA) is 70.6 Å². The Hall–Kier alpha value is -2.39. The Morgan fingerprint density at radius 3 is 2.44 bits per heavy atom. The Labute approximate surface area is 155 Å². The number of benzene rings is 2. The Kier molecular flexibility index (Phi) is 5.25. The highest BCUT2D eigenvalue weighted by molar-refractivity contribution is 7.90. The molecule has 0 bridgehead atoms. The number of halogens is 3. The molecule has 2 aromatic rings. The van der Waals surface area contributed by atoms with E-state index in [0.29, 0.717) is 5.56 Å². The van der Waals surface area contributed by atoms with Crippen molar-refractivity contribution >= 4 is 15.9 Å². The monoisotopic (exact) mass is 397 g/mol. The van der Waals surface area contributed by atoms with E-state index >= 15 is 0 Å². The lowest BCUT2D eigenvalue weighted by molar-refractivity contribution is -0.137. The van der Waals surface area contributed by atoms with Crippen LogP contribution in [0.5, 0.6) is 0 Å². The van der Waals surface area contributed by atoms with Gasteiger partial charge in [-0.15, -0.1) is 0 Å². The van der Waals surface area contributed by atoms with Gasteiger partial charge >= 0.3 is 6.18 Å². The van der Waals surface area contributed by atoms with Gasteiger partial charge in [-0.25, -0.2) is 8.42 Å². The highest BCUT2D eigenvalue weighted by atomic mass is 32.2. The molecular weight excluding hydrogens is 379 g/mol. The third-order valence-electron chi connectivity index (χ3n) is 4.18. The highest BCUT2D eigenvalue weighted by Gasteiger charge is 2.31. The van der Waals surface area contributed by atoms with E-state index in [0.717, 1.165) is 17.7 Å². The summed E-state index contributed by atoms with van der Waals surface area (Å²) in [5, 5.41) is 3.02. The Bertz CT molecular complexity index is 955. The van der Waals surface area contributed by atoms with Crippen molar-refractivity contribution in [2.45, 2.75) is 24.0 Å². The number of sulfonamides is 1. The molecule has 1 aliphatic heterocycles. The van der Waals surface area contributed by atoms with Crippen LogP contribution in [0.1, 0.15) is 22.7 Å². The average Bonchev–Trinajstić information content (AvgIpc) is 2.62. The third-order valence-corrected chi connectivity index (χ3v) is 5.58. The molecule has 9 heteroatoms. The summed E-state index contributed by atoms with van der Waals surface area (Å²) in [4.78, 5) is 4.31. The van der Waals surface area contributed by atoms with Crippen molar-refractivity contribution in [3.63, 3.8) is 0 Å². The summed E-state index contributed by atoms with van der Waals surface area (Å²) >= 11 is 0. The molecule has 1 unspecified atom stereocenters. The molecule has 0 fully saturated rings. The van der Waals surface area contributed by atoms with E-state index in [2.05, 4.69) is 15.0 Å². The predicted molar refractivity (Wildman–Crippen MR) is 96.0 cm³/mol. The van der Waals surface area contributed by atoms with Gasteiger partial charge in [0.2, 0.25) is 0 Å². The van der Waals surface area contributed by atoms with Gasteiger partial charge in [-0.2, -0.15) is 13.2 Å². The minimum Gasteiger partial charge on any atom is -0.301 e. The van der Waals surface area contributed by atoms with Gasteiger partial charge in [0, 0.05) is 0 Å². The van der Waals surface area contributed by atoms with Crippen LogP contribution in [-0.4, -0.2) is 27.3 Å². The second kappa shape index (κ2) is 7.32. The molecule has 0 radical (unpaired) electrons. The predicted octanol–water partition coefficient (Wildman–Crippen LogP) is 3.04. The van der Waals surface area contributed by atoms with E-state index in [1.54, 1.807) is 18.2 Å². The SMILES string of the molecule is Cc1ccc(S(=O)(=O)NC2=NCC(c3cccc(C(F)(F)F)c3)NC2)cc1. The van der Waals surface area contributed by atoms with Crippen LogP contribution in [0, 0.1) is 6.92 Å². The smallest absolute Gasteiger partial charge is 0.301 e. The van der Waals surface area contributed by atoms with Gasteiger partial charge in [0.05, 0.1) is 29.6 Å². The fourth-order valence-electron chi connectivity index (χ4n) is 2.70. The van der Waals surface area contributed by atoms with Gasteiger partial charge in [-0.3, -0.25) is 9.71 Å². The summed E-state index contributed by atoms with van der Waals surface area (Å²) in [6.45, 7) is 2.09. The zero-order chi connectivity index (χ0) is 19.7. The van der Waals surface area contributed by atoms with Crippen LogP contribution in [0.25, 0.3) is 0 Å². The van der Waals surface area contributed by atoms with Crippen LogP contribution in [-0.2, 0) is 16.2 Å². The number of alkyl halides is 3. The maximum atomic E-state index is 12.8. The number of amidine groups is 1. The van der Waals surface area contributed by atoms with Crippen molar-refractivity contribution in [2.75, 3.05) is 13.1 Å². The van der Waals surface area contributed by atoms with Crippen molar-refractivity contribution in [2.24, 2.45) is 4.99 Å². The first kappa shape index (κ1) is 19.4. The molecule has 2 N–H and O–H groups in total. The number of hydrogen-bond acceptors (Lipinski definition) is 4. The lowest BCUT2D eigenvalue weighted by Crippen LogP contribution is -2.43. The maximum Gasteiger partial charge on any atom is 0.416 e. The fourth-order valence-corrected chi connectivity index (χ4v) is 3.76. The molecule has 1 atom stereocenters. The highest BCUT2D eigenvalue weighted by Crippen LogP contribution is 2.31. The Morgan fingerprint density at radius 1 is 1.15 bits per heavy atom. The molecule has 0 spiro atoms. The van der Waals surface area contributed by atoms with E-state index < -0.39 is 27.8 Å². The molecular formula is C18H18F3N3O2S. The van der Waals surface area contributed by atoms with E-state index in [1.165, 1.54) is 18.2 Å². The molecule has 3 rings (SSSR count). The summed E-state index contributed by atoms with van der Waals surface area (Å²) in [6.07, 6.45) is -4.41. The van der Waals surface area contributed by atoms with Gasteiger partial charge in [0.25, 0.3) is 10.0 Å². The molecule has 0 aromatic heterocycles. The number of nitrogens with one attached hydrogen (secondary N) is 2. The molecule has 1 aliphatic rings. The lowest BCUT2D eigenvalue weighted by atomic mass is 10.0. The van der Waals surface area contributed by atoms with Crippen LogP contribution < -0.4 is 10.0 Å². The second-order valence-electron chi connectivity index (χ2n) is 6.26. The van der Waals surface area contributed by atoms with Crippen LogP contribution in [0.15, 0.2) is 58.4 Å². The van der Waals surface area contributed by atoms with Crippen molar-refractivity contribution in [1.29, 1.82) is 0 Å². The third kappa shape index (κ3) is 4.67. The van der Waals surface area contributed by atoms with E-state index in [-0.39, 0.29) is 23.8 Å². The first-order valence-corrected chi connectivity index (χ1v) is 9.67. The molecule has 1 heterocycles. The van der Waals surface area contributed by atoms with Crippen molar-refractivity contribution < 1.29 is 21.6 Å². The fraction of sp³-hybridized carbons (Fsp3) is 0.278. The summed E-state index contributed by atoms with van der Waals surface area (Å²) in [6, 6.07) is 11.0.